The van der Waals surface area contributed by atoms with Gasteiger partial charge >= 0.3 is 0 Å². The lowest BCUT2D eigenvalue weighted by molar-refractivity contribution is 0.0934. The van der Waals surface area contributed by atoms with Crippen LogP contribution in [0.4, 0.5) is 0 Å². The number of benzene rings is 1. The van der Waals surface area contributed by atoms with Gasteiger partial charge in [0, 0.05) is 19.1 Å². The van der Waals surface area contributed by atoms with E-state index < -0.39 is 0 Å². The highest BCUT2D eigenvalue weighted by Crippen LogP contribution is 2.21. The molecule has 2 N–H and O–H groups in total. The van der Waals surface area contributed by atoms with Gasteiger partial charge in [0.2, 0.25) is 0 Å². The number of hydrogen-bond acceptors (Lipinski definition) is 5. The molecule has 4 rings (SSSR count). The fraction of sp³-hybridized carbons (Fsp3) is 0.571. The van der Waals surface area contributed by atoms with Crippen molar-refractivity contribution < 1.29 is 4.79 Å². The molecular weight excluding hydrogens is 352 g/mol. The third-order valence-corrected chi connectivity index (χ3v) is 6.02. The third kappa shape index (κ3) is 4.25. The van der Waals surface area contributed by atoms with Crippen LogP contribution in [0.25, 0.3) is 0 Å². The maximum atomic E-state index is 12.7. The lowest BCUT2D eigenvalue weighted by Gasteiger charge is -2.25. The van der Waals surface area contributed by atoms with E-state index in [1.54, 1.807) is 0 Å². The van der Waals surface area contributed by atoms with E-state index >= 15 is 0 Å². The highest BCUT2D eigenvalue weighted by molar-refractivity contribution is 5.93. The molecule has 150 valence electrons. The largest absolute Gasteiger partial charge is 0.349 e. The molecule has 2 saturated heterocycles. The molecule has 2 aliphatic rings. The Hall–Kier alpha value is -2.25. The Labute approximate surface area is 166 Å². The Bertz CT molecular complexity index is 783. The van der Waals surface area contributed by atoms with Crippen LogP contribution in [-0.4, -0.2) is 58.0 Å². The van der Waals surface area contributed by atoms with Crippen molar-refractivity contribution >= 4 is 5.91 Å². The van der Waals surface area contributed by atoms with Gasteiger partial charge in [-0.25, -0.2) is 4.68 Å². The van der Waals surface area contributed by atoms with E-state index in [4.69, 9.17) is 0 Å². The molecule has 2 fully saturated rings. The summed E-state index contributed by atoms with van der Waals surface area (Å²) in [7, 11) is 0. The zero-order valence-electron chi connectivity index (χ0n) is 16.6. The predicted molar refractivity (Wildman–Crippen MR) is 108 cm³/mol. The van der Waals surface area contributed by atoms with E-state index in [9.17, 15) is 4.79 Å². The van der Waals surface area contributed by atoms with Crippen molar-refractivity contribution in [3.8, 4) is 0 Å². The molecule has 7 heteroatoms. The first-order chi connectivity index (χ1) is 13.7. The summed E-state index contributed by atoms with van der Waals surface area (Å²) in [6.07, 6.45) is 4.36. The van der Waals surface area contributed by atoms with Gasteiger partial charge in [-0.15, -0.1) is 5.10 Å². The Morgan fingerprint density at radius 2 is 2.00 bits per heavy atom. The van der Waals surface area contributed by atoms with Crippen LogP contribution in [0.15, 0.2) is 30.3 Å². The van der Waals surface area contributed by atoms with E-state index in [-0.39, 0.29) is 5.91 Å². The van der Waals surface area contributed by atoms with Crippen LogP contribution in [0.5, 0.6) is 0 Å². The van der Waals surface area contributed by atoms with Gasteiger partial charge in [-0.3, -0.25) is 9.69 Å². The first kappa shape index (κ1) is 19.1. The molecule has 1 amide bonds. The summed E-state index contributed by atoms with van der Waals surface area (Å²) in [5.74, 6) is -0.107. The van der Waals surface area contributed by atoms with Gasteiger partial charge in [0.15, 0.2) is 5.69 Å². The lowest BCUT2D eigenvalue weighted by Crippen LogP contribution is -2.40. The van der Waals surface area contributed by atoms with Crippen molar-refractivity contribution in [3.05, 3.63) is 47.3 Å². The number of amides is 1. The first-order valence-corrected chi connectivity index (χ1v) is 10.4. The molecule has 0 saturated carbocycles. The van der Waals surface area contributed by atoms with Crippen molar-refractivity contribution in [2.24, 2.45) is 0 Å². The number of likely N-dealkylation sites (tertiary alicyclic amines) is 1. The molecule has 0 bridgehead atoms. The summed E-state index contributed by atoms with van der Waals surface area (Å²) in [5, 5.41) is 14.9. The normalized spacial score (nSPS) is 21.1. The second-order valence-corrected chi connectivity index (χ2v) is 7.91. The van der Waals surface area contributed by atoms with Crippen LogP contribution in [-0.2, 0) is 6.54 Å². The Balaban J connectivity index is 1.34. The van der Waals surface area contributed by atoms with Crippen LogP contribution < -0.4 is 10.6 Å². The summed E-state index contributed by atoms with van der Waals surface area (Å²) in [6.45, 7) is 6.61. The Morgan fingerprint density at radius 3 is 2.79 bits per heavy atom. The maximum absolute atomic E-state index is 12.7. The van der Waals surface area contributed by atoms with Crippen molar-refractivity contribution in [2.45, 2.75) is 51.2 Å². The fourth-order valence-electron chi connectivity index (χ4n) is 4.40. The molecule has 2 aliphatic heterocycles. The molecule has 0 aliphatic carbocycles. The monoisotopic (exact) mass is 382 g/mol. The molecule has 7 nitrogen and oxygen atoms in total. The van der Waals surface area contributed by atoms with Crippen LogP contribution in [0.3, 0.4) is 0 Å². The zero-order chi connectivity index (χ0) is 19.3. The van der Waals surface area contributed by atoms with Crippen molar-refractivity contribution in [1.82, 2.24) is 30.5 Å². The number of carbonyl (C=O) groups excluding carboxylic acids is 1. The van der Waals surface area contributed by atoms with Crippen molar-refractivity contribution in [3.63, 3.8) is 0 Å². The predicted octanol–water partition coefficient (Wildman–Crippen LogP) is 1.91. The van der Waals surface area contributed by atoms with Gasteiger partial charge in [0.25, 0.3) is 5.91 Å². The number of aromatic nitrogens is 3. The van der Waals surface area contributed by atoms with Gasteiger partial charge in [0.1, 0.15) is 0 Å². The highest BCUT2D eigenvalue weighted by Gasteiger charge is 2.27. The minimum Gasteiger partial charge on any atom is -0.349 e. The van der Waals surface area contributed by atoms with Gasteiger partial charge < -0.3 is 10.6 Å². The average Bonchev–Trinajstić information content (AvgIpc) is 3.34. The summed E-state index contributed by atoms with van der Waals surface area (Å²) in [6, 6.07) is 11.3. The minimum atomic E-state index is -0.107. The number of carbonyl (C=O) groups is 1. The van der Waals surface area contributed by atoms with E-state index in [1.165, 1.54) is 12.0 Å². The molecule has 28 heavy (non-hydrogen) atoms. The second-order valence-electron chi connectivity index (χ2n) is 7.91. The zero-order valence-corrected chi connectivity index (χ0v) is 16.6. The van der Waals surface area contributed by atoms with E-state index in [2.05, 4.69) is 50.1 Å². The highest BCUT2D eigenvalue weighted by atomic mass is 16.2. The molecule has 0 radical (unpaired) electrons. The molecule has 1 aromatic heterocycles. The quantitative estimate of drug-likeness (QED) is 0.798. The van der Waals surface area contributed by atoms with E-state index in [1.807, 2.05) is 17.7 Å². The molecule has 0 spiro atoms. The SMILES string of the molecule is Cc1c(C(=O)NCC2CCCN2Cc2ccccc2)nnn1C1CCNCC1. The fourth-order valence-corrected chi connectivity index (χ4v) is 4.40. The standard InChI is InChI=1S/C21H30N6O/c1-16-20(24-25-27(16)18-9-11-22-12-10-18)21(28)23-14-19-8-5-13-26(19)15-17-6-3-2-4-7-17/h2-4,6-7,18-19,22H,5,8-15H2,1H3,(H,23,28). The average molecular weight is 383 g/mol. The summed E-state index contributed by atoms with van der Waals surface area (Å²) in [4.78, 5) is 15.2. The van der Waals surface area contributed by atoms with E-state index in [0.29, 0.717) is 24.3 Å². The molecule has 1 unspecified atom stereocenters. The van der Waals surface area contributed by atoms with Gasteiger partial charge in [-0.1, -0.05) is 35.5 Å². The number of nitrogens with one attached hydrogen (secondary N) is 2. The second kappa shape index (κ2) is 8.84. The van der Waals surface area contributed by atoms with Crippen LogP contribution in [0, 0.1) is 6.92 Å². The lowest BCUT2D eigenvalue weighted by atomic mass is 10.1. The smallest absolute Gasteiger partial charge is 0.273 e. The number of hydrogen-bond donors (Lipinski definition) is 2. The molecule has 1 atom stereocenters. The Morgan fingerprint density at radius 1 is 1.21 bits per heavy atom. The van der Waals surface area contributed by atoms with Crippen LogP contribution in [0.2, 0.25) is 0 Å². The molecular formula is C21H30N6O. The molecule has 2 aromatic rings. The van der Waals surface area contributed by atoms with Crippen LogP contribution in [0.1, 0.15) is 53.5 Å². The number of rotatable bonds is 6. The summed E-state index contributed by atoms with van der Waals surface area (Å²) < 4.78 is 1.94. The Kier molecular flexibility index (Phi) is 6.02. The number of piperidine rings is 1. The van der Waals surface area contributed by atoms with Crippen molar-refractivity contribution in [1.29, 1.82) is 0 Å². The summed E-state index contributed by atoms with van der Waals surface area (Å²) in [5.41, 5.74) is 2.66. The van der Waals surface area contributed by atoms with E-state index in [0.717, 1.165) is 51.1 Å². The van der Waals surface area contributed by atoms with Gasteiger partial charge in [0.05, 0.1) is 11.7 Å². The third-order valence-electron chi connectivity index (χ3n) is 6.02. The first-order valence-electron chi connectivity index (χ1n) is 10.4. The van der Waals surface area contributed by atoms with Gasteiger partial charge in [-0.05, 0) is 57.8 Å². The van der Waals surface area contributed by atoms with Gasteiger partial charge in [-0.2, -0.15) is 0 Å². The summed E-state index contributed by atoms with van der Waals surface area (Å²) >= 11 is 0. The molecule has 1 aromatic carbocycles. The van der Waals surface area contributed by atoms with Crippen LogP contribution >= 0.6 is 0 Å². The van der Waals surface area contributed by atoms with Crippen molar-refractivity contribution in [2.75, 3.05) is 26.2 Å². The molecule has 3 heterocycles. The topological polar surface area (TPSA) is 75.1 Å². The maximum Gasteiger partial charge on any atom is 0.273 e. The minimum absolute atomic E-state index is 0.107. The number of nitrogens with zero attached hydrogens (tertiary/aromatic N) is 4.